The van der Waals surface area contributed by atoms with Crippen LogP contribution in [0.5, 0.6) is 0 Å². The van der Waals surface area contributed by atoms with Gasteiger partial charge in [0.2, 0.25) is 0 Å². The molecule has 15 nitrogen and oxygen atoms in total. The van der Waals surface area contributed by atoms with Crippen LogP contribution in [0.2, 0.25) is 0 Å². The molecular formula is C8H14N4O11P2. The lowest BCUT2D eigenvalue weighted by Gasteiger charge is -2.22. The number of phosphoric acid groups is 2. The van der Waals surface area contributed by atoms with E-state index in [1.807, 2.05) is 0 Å². The summed E-state index contributed by atoms with van der Waals surface area (Å²) in [4.78, 5) is 41.6. The number of nitrogens with two attached hydrogens (primary N) is 1. The molecule has 2 heterocycles. The van der Waals surface area contributed by atoms with Gasteiger partial charge >= 0.3 is 21.3 Å². The summed E-state index contributed by atoms with van der Waals surface area (Å²) in [5.41, 5.74) is 5.88. The summed E-state index contributed by atoms with van der Waals surface area (Å²) in [6.45, 7) is 0. The van der Waals surface area contributed by atoms with E-state index in [0.29, 0.717) is 0 Å². The molecule has 1 aliphatic heterocycles. The molecular weight excluding hydrogens is 390 g/mol. The minimum absolute atomic E-state index is 0.117. The monoisotopic (exact) mass is 404 g/mol. The number of nitrogen functional groups attached to an aromatic ring is 1. The highest BCUT2D eigenvalue weighted by molar-refractivity contribution is 7.60. The van der Waals surface area contributed by atoms with Crippen LogP contribution in [-0.2, 0) is 22.7 Å². The first-order valence-corrected chi connectivity index (χ1v) is 9.32. The number of hydrogen-bond acceptors (Lipinski definition) is 11. The molecule has 0 radical (unpaired) electrons. The molecule has 1 aromatic rings. The molecule has 1 saturated heterocycles. The number of aliphatic hydroxyl groups is 1. The molecule has 0 spiro atoms. The molecule has 25 heavy (non-hydrogen) atoms. The third kappa shape index (κ3) is 4.91. The van der Waals surface area contributed by atoms with Crippen molar-refractivity contribution in [1.82, 2.24) is 15.0 Å². The van der Waals surface area contributed by atoms with Crippen molar-refractivity contribution in [3.63, 3.8) is 0 Å². The van der Waals surface area contributed by atoms with Crippen LogP contribution in [0, 0.1) is 0 Å². The van der Waals surface area contributed by atoms with E-state index in [-0.39, 0.29) is 5.82 Å². The van der Waals surface area contributed by atoms with Gasteiger partial charge in [0.25, 0.3) is 0 Å². The fourth-order valence-corrected chi connectivity index (χ4v) is 3.80. The predicted molar refractivity (Wildman–Crippen MR) is 75.6 cm³/mol. The second-order valence-corrected chi connectivity index (χ2v) is 7.50. The number of ether oxygens (including phenoxy) is 1. The third-order valence-corrected chi connectivity index (χ3v) is 5.12. The van der Waals surface area contributed by atoms with Gasteiger partial charge in [0.15, 0.2) is 12.5 Å². The maximum absolute atomic E-state index is 11.8. The first kappa shape index (κ1) is 20.1. The highest BCUT2D eigenvalue weighted by atomic mass is 31.3. The van der Waals surface area contributed by atoms with E-state index in [4.69, 9.17) is 25.5 Å². The molecule has 0 bridgehead atoms. The van der Waals surface area contributed by atoms with E-state index in [9.17, 15) is 23.9 Å². The van der Waals surface area contributed by atoms with Crippen molar-refractivity contribution in [2.24, 2.45) is 0 Å². The van der Waals surface area contributed by atoms with Gasteiger partial charge in [0.05, 0.1) is 0 Å². The Morgan fingerprint density at radius 1 is 1.36 bits per heavy atom. The van der Waals surface area contributed by atoms with Gasteiger partial charge in [-0.25, -0.2) is 13.9 Å². The molecule has 0 aliphatic carbocycles. The highest BCUT2D eigenvalue weighted by Crippen LogP contribution is 2.59. The number of phosphoric ester groups is 1. The summed E-state index contributed by atoms with van der Waals surface area (Å²) < 4.78 is 36.1. The summed E-state index contributed by atoms with van der Waals surface area (Å²) in [5.74, 6) is -0.117. The lowest BCUT2D eigenvalue weighted by Crippen LogP contribution is -2.41. The molecule has 0 aromatic carbocycles. The van der Waals surface area contributed by atoms with Crippen molar-refractivity contribution < 1.29 is 47.7 Å². The van der Waals surface area contributed by atoms with Crippen molar-refractivity contribution in [1.29, 1.82) is 0 Å². The summed E-state index contributed by atoms with van der Waals surface area (Å²) >= 11 is 0. The zero-order chi connectivity index (χ0) is 19.0. The van der Waals surface area contributed by atoms with Crippen molar-refractivity contribution in [2.45, 2.75) is 24.7 Å². The van der Waals surface area contributed by atoms with E-state index in [0.717, 1.165) is 10.8 Å². The Hall–Kier alpha value is -1.22. The lowest BCUT2D eigenvalue weighted by atomic mass is 10.2. The molecule has 0 amide bonds. The number of hydrogen-bond donors (Lipinski definition) is 7. The molecule has 1 aliphatic rings. The van der Waals surface area contributed by atoms with Gasteiger partial charge in [-0.2, -0.15) is 14.8 Å². The van der Waals surface area contributed by atoms with Crippen molar-refractivity contribution in [3.8, 4) is 0 Å². The Labute approximate surface area is 138 Å². The standard InChI is InChI=1S/C8H14N4O11P2/c9-3-1-2-12(8(14)10-3)7-4(13)5(6(11-15)21-7)22-25(19,20)23-24(16,17)18/h1-2,4-7,11,13,15H,(H,19,20)(H2,9,10,14)(H2,16,17,18)/t4-,5+,6+,7-/m1/s1. The fraction of sp³-hybridized carbons (Fsp3) is 0.500. The number of aromatic nitrogens is 2. The molecule has 17 heteroatoms. The second kappa shape index (κ2) is 7.19. The molecule has 8 N–H and O–H groups in total. The molecule has 5 atom stereocenters. The van der Waals surface area contributed by atoms with Crippen molar-refractivity contribution >= 4 is 21.5 Å². The Morgan fingerprint density at radius 3 is 2.52 bits per heavy atom. The first-order valence-electron chi connectivity index (χ1n) is 6.29. The topological polar surface area (TPSA) is 236 Å². The van der Waals surface area contributed by atoms with Crippen LogP contribution in [0.15, 0.2) is 17.1 Å². The molecule has 142 valence electrons. The SMILES string of the molecule is Nc1ccn([C@@H]2O[C@H](NO)[C@@H](OP(=O)(O)OP(=O)(O)O)[C@H]2O)c(=O)n1. The van der Waals surface area contributed by atoms with E-state index < -0.39 is 46.0 Å². The van der Waals surface area contributed by atoms with Gasteiger partial charge in [-0.15, -0.1) is 0 Å². The second-order valence-electron chi connectivity index (χ2n) is 4.72. The predicted octanol–water partition coefficient (Wildman–Crippen LogP) is -2.39. The normalized spacial score (nSPS) is 29.5. The summed E-state index contributed by atoms with van der Waals surface area (Å²) in [5, 5.41) is 19.2. The van der Waals surface area contributed by atoms with Crippen LogP contribution < -0.4 is 16.9 Å². The molecule has 1 fully saturated rings. The number of anilines is 1. The zero-order valence-electron chi connectivity index (χ0n) is 12.0. The van der Waals surface area contributed by atoms with Crippen LogP contribution in [0.1, 0.15) is 6.23 Å². The maximum Gasteiger partial charge on any atom is 0.481 e. The Balaban J connectivity index is 2.26. The minimum Gasteiger partial charge on any atom is -0.385 e. The van der Waals surface area contributed by atoms with Gasteiger partial charge in [0.1, 0.15) is 18.0 Å². The van der Waals surface area contributed by atoms with Crippen LogP contribution in [0.3, 0.4) is 0 Å². The average Bonchev–Trinajstić information content (AvgIpc) is 2.73. The van der Waals surface area contributed by atoms with Crippen LogP contribution >= 0.6 is 15.6 Å². The number of aliphatic hydroxyl groups excluding tert-OH is 1. The number of nitrogens with one attached hydrogen (secondary N) is 1. The van der Waals surface area contributed by atoms with Gasteiger partial charge in [-0.1, -0.05) is 0 Å². The molecule has 1 unspecified atom stereocenters. The van der Waals surface area contributed by atoms with Crippen LogP contribution in [0.25, 0.3) is 0 Å². The van der Waals surface area contributed by atoms with E-state index >= 15 is 0 Å². The third-order valence-electron chi connectivity index (χ3n) is 2.93. The number of rotatable bonds is 6. The summed E-state index contributed by atoms with van der Waals surface area (Å²) in [7, 11) is -10.8. The minimum atomic E-state index is -5.40. The largest absolute Gasteiger partial charge is 0.481 e. The summed E-state index contributed by atoms with van der Waals surface area (Å²) in [6.07, 6.45) is -5.81. The molecule has 0 saturated carbocycles. The molecule has 2 rings (SSSR count). The fourth-order valence-electron chi connectivity index (χ4n) is 2.03. The molecule has 1 aromatic heterocycles. The van der Waals surface area contributed by atoms with Gasteiger partial charge in [0, 0.05) is 6.20 Å². The van der Waals surface area contributed by atoms with Gasteiger partial charge < -0.3 is 35.5 Å². The average molecular weight is 404 g/mol. The lowest BCUT2D eigenvalue weighted by molar-refractivity contribution is -0.0964. The summed E-state index contributed by atoms with van der Waals surface area (Å²) in [6, 6.07) is 1.20. The maximum atomic E-state index is 11.8. The van der Waals surface area contributed by atoms with E-state index in [2.05, 4.69) is 13.8 Å². The Kier molecular flexibility index (Phi) is 5.78. The van der Waals surface area contributed by atoms with E-state index in [1.54, 1.807) is 0 Å². The first-order chi connectivity index (χ1) is 11.4. The Bertz CT molecular complexity index is 780. The highest BCUT2D eigenvalue weighted by Gasteiger charge is 2.50. The Morgan fingerprint density at radius 2 is 2.00 bits per heavy atom. The van der Waals surface area contributed by atoms with Gasteiger partial charge in [-0.05, 0) is 6.07 Å². The quantitative estimate of drug-likeness (QED) is 0.194. The van der Waals surface area contributed by atoms with Gasteiger partial charge in [-0.3, -0.25) is 9.09 Å². The van der Waals surface area contributed by atoms with Crippen molar-refractivity contribution in [3.05, 3.63) is 22.7 Å². The van der Waals surface area contributed by atoms with Crippen molar-refractivity contribution in [2.75, 3.05) is 5.73 Å². The van der Waals surface area contributed by atoms with Crippen LogP contribution in [-0.4, -0.2) is 53.0 Å². The smallest absolute Gasteiger partial charge is 0.385 e. The van der Waals surface area contributed by atoms with E-state index in [1.165, 1.54) is 11.5 Å². The number of nitrogens with zero attached hydrogens (tertiary/aromatic N) is 2. The number of hydroxylamine groups is 1. The van der Waals surface area contributed by atoms with Crippen LogP contribution in [0.4, 0.5) is 5.82 Å². The zero-order valence-corrected chi connectivity index (χ0v) is 13.8.